The van der Waals surface area contributed by atoms with Gasteiger partial charge in [0.05, 0.1) is 9.23 Å². The number of primary sulfonamides is 1. The first-order chi connectivity index (χ1) is 14.0. The lowest BCUT2D eigenvalue weighted by molar-refractivity contribution is 0.102. The summed E-state index contributed by atoms with van der Waals surface area (Å²) in [5.74, 6) is -0.524. The topological polar surface area (TPSA) is 135 Å². The van der Waals surface area contributed by atoms with Gasteiger partial charge in [0, 0.05) is 16.9 Å². The summed E-state index contributed by atoms with van der Waals surface area (Å²) in [5.41, 5.74) is 0.664. The number of thiophene rings is 1. The number of benzene rings is 2. The maximum Gasteiger partial charge on any atom is 0.264 e. The first-order valence-corrected chi connectivity index (χ1v) is 12.6. The molecule has 3 aromatic rings. The standard InChI is InChI=1S/C17H13Cl2N3O5S3/c18-15-9-14(16(19)28-15)30(26,27)22-11-6-4-10(5-7-11)17(23)21-12-2-1-3-13(8-12)29(20,24)25/h1-9,22H,(H,21,23)(H2,20,24,25). The number of nitrogens with two attached hydrogens (primary N) is 1. The minimum absolute atomic E-state index is 0.0326. The number of sulfonamides is 2. The van der Waals surface area contributed by atoms with Crippen LogP contribution in [0.15, 0.2) is 64.4 Å². The average Bonchev–Trinajstić information content (AvgIpc) is 3.00. The highest BCUT2D eigenvalue weighted by Gasteiger charge is 2.21. The van der Waals surface area contributed by atoms with E-state index in [1.54, 1.807) is 0 Å². The lowest BCUT2D eigenvalue weighted by Crippen LogP contribution is -2.15. The van der Waals surface area contributed by atoms with E-state index in [0.29, 0.717) is 0 Å². The molecule has 0 aliphatic rings. The average molecular weight is 506 g/mol. The Morgan fingerprint density at radius 3 is 2.17 bits per heavy atom. The van der Waals surface area contributed by atoms with Gasteiger partial charge in [0.25, 0.3) is 15.9 Å². The van der Waals surface area contributed by atoms with Crippen molar-refractivity contribution in [3.63, 3.8) is 0 Å². The molecule has 158 valence electrons. The summed E-state index contributed by atoms with van der Waals surface area (Å²) < 4.78 is 50.3. The Labute approximate surface area is 186 Å². The third-order valence-electron chi connectivity index (χ3n) is 3.73. The fourth-order valence-corrected chi connectivity index (χ4v) is 6.13. The summed E-state index contributed by atoms with van der Waals surface area (Å²) in [5, 5.41) is 7.62. The number of carbonyl (C=O) groups excluding carboxylic acids is 1. The van der Waals surface area contributed by atoms with E-state index in [2.05, 4.69) is 10.0 Å². The Balaban J connectivity index is 1.74. The SMILES string of the molecule is NS(=O)(=O)c1cccc(NC(=O)c2ccc(NS(=O)(=O)c3cc(Cl)sc3Cl)cc2)c1. The molecular weight excluding hydrogens is 493 g/mol. The molecule has 0 fully saturated rings. The maximum absolute atomic E-state index is 12.4. The fraction of sp³-hybridized carbons (Fsp3) is 0. The van der Waals surface area contributed by atoms with E-state index in [4.69, 9.17) is 28.3 Å². The third-order valence-corrected chi connectivity index (χ3v) is 7.78. The van der Waals surface area contributed by atoms with Crippen LogP contribution in [0.25, 0.3) is 0 Å². The van der Waals surface area contributed by atoms with E-state index in [-0.39, 0.29) is 35.4 Å². The van der Waals surface area contributed by atoms with Crippen molar-refractivity contribution in [1.29, 1.82) is 0 Å². The summed E-state index contributed by atoms with van der Waals surface area (Å²) in [6.07, 6.45) is 0. The highest BCUT2D eigenvalue weighted by molar-refractivity contribution is 7.93. The third kappa shape index (κ3) is 5.31. The van der Waals surface area contributed by atoms with Crippen molar-refractivity contribution in [2.75, 3.05) is 10.0 Å². The van der Waals surface area contributed by atoms with Crippen molar-refractivity contribution in [3.05, 3.63) is 68.8 Å². The minimum Gasteiger partial charge on any atom is -0.322 e. The number of nitrogens with one attached hydrogen (secondary N) is 2. The molecule has 13 heteroatoms. The van der Waals surface area contributed by atoms with Crippen LogP contribution in [0.4, 0.5) is 11.4 Å². The van der Waals surface area contributed by atoms with E-state index in [1.165, 1.54) is 54.6 Å². The Morgan fingerprint density at radius 2 is 1.60 bits per heavy atom. The predicted octanol–water partition coefficient (Wildman–Crippen LogP) is 3.76. The van der Waals surface area contributed by atoms with Gasteiger partial charge in [-0.1, -0.05) is 29.3 Å². The van der Waals surface area contributed by atoms with Gasteiger partial charge in [-0.3, -0.25) is 9.52 Å². The molecule has 0 aliphatic heterocycles. The van der Waals surface area contributed by atoms with Crippen LogP contribution in [-0.2, 0) is 20.0 Å². The molecule has 1 amide bonds. The van der Waals surface area contributed by atoms with Crippen LogP contribution in [0.5, 0.6) is 0 Å². The van der Waals surface area contributed by atoms with E-state index in [9.17, 15) is 21.6 Å². The second-order valence-corrected chi connectivity index (χ2v) is 11.4. The zero-order valence-electron chi connectivity index (χ0n) is 14.8. The number of carbonyl (C=O) groups is 1. The quantitative estimate of drug-likeness (QED) is 0.468. The fourth-order valence-electron chi connectivity index (χ4n) is 2.36. The summed E-state index contributed by atoms with van der Waals surface area (Å²) in [6, 6.07) is 12.3. The Hall–Kier alpha value is -2.15. The van der Waals surface area contributed by atoms with Crippen molar-refractivity contribution in [2.45, 2.75) is 9.79 Å². The Kier molecular flexibility index (Phi) is 6.41. The predicted molar refractivity (Wildman–Crippen MR) is 117 cm³/mol. The first-order valence-electron chi connectivity index (χ1n) is 7.98. The number of halogens is 2. The van der Waals surface area contributed by atoms with Crippen LogP contribution in [0.1, 0.15) is 10.4 Å². The molecular formula is C17H13Cl2N3O5S3. The number of hydrogen-bond acceptors (Lipinski definition) is 6. The van der Waals surface area contributed by atoms with Gasteiger partial charge < -0.3 is 5.32 Å². The number of rotatable bonds is 6. The first kappa shape index (κ1) is 22.5. The van der Waals surface area contributed by atoms with Gasteiger partial charge in [0.2, 0.25) is 10.0 Å². The molecule has 0 radical (unpaired) electrons. The van der Waals surface area contributed by atoms with Gasteiger partial charge >= 0.3 is 0 Å². The molecule has 0 atom stereocenters. The molecule has 2 aromatic carbocycles. The van der Waals surface area contributed by atoms with Crippen LogP contribution in [0.2, 0.25) is 8.67 Å². The van der Waals surface area contributed by atoms with Crippen LogP contribution in [-0.4, -0.2) is 22.7 Å². The van der Waals surface area contributed by atoms with Crippen LogP contribution in [0.3, 0.4) is 0 Å². The summed E-state index contributed by atoms with van der Waals surface area (Å²) in [6.45, 7) is 0. The smallest absolute Gasteiger partial charge is 0.264 e. The van der Waals surface area contributed by atoms with Crippen LogP contribution < -0.4 is 15.2 Å². The number of amides is 1. The molecule has 3 rings (SSSR count). The molecule has 0 unspecified atom stereocenters. The lowest BCUT2D eigenvalue weighted by atomic mass is 10.2. The summed E-state index contributed by atoms with van der Waals surface area (Å²) in [4.78, 5) is 12.1. The maximum atomic E-state index is 12.4. The van der Waals surface area contributed by atoms with E-state index in [1.807, 2.05) is 0 Å². The van der Waals surface area contributed by atoms with E-state index >= 15 is 0 Å². The highest BCUT2D eigenvalue weighted by Crippen LogP contribution is 2.35. The molecule has 0 spiro atoms. The van der Waals surface area contributed by atoms with Crippen molar-refractivity contribution in [3.8, 4) is 0 Å². The van der Waals surface area contributed by atoms with Gasteiger partial charge in [0.15, 0.2) is 0 Å². The highest BCUT2D eigenvalue weighted by atomic mass is 35.5. The molecule has 4 N–H and O–H groups in total. The molecule has 1 aromatic heterocycles. The van der Waals surface area contributed by atoms with Gasteiger partial charge in [0.1, 0.15) is 9.23 Å². The van der Waals surface area contributed by atoms with Crippen molar-refractivity contribution in [1.82, 2.24) is 0 Å². The summed E-state index contributed by atoms with van der Waals surface area (Å²) in [7, 11) is -7.86. The number of hydrogen-bond donors (Lipinski definition) is 3. The molecule has 0 saturated heterocycles. The normalized spacial score (nSPS) is 11.8. The van der Waals surface area contributed by atoms with Crippen LogP contribution >= 0.6 is 34.5 Å². The van der Waals surface area contributed by atoms with Gasteiger partial charge in [-0.25, -0.2) is 22.0 Å². The molecule has 8 nitrogen and oxygen atoms in total. The largest absolute Gasteiger partial charge is 0.322 e. The molecule has 0 bridgehead atoms. The second-order valence-electron chi connectivity index (χ2n) is 5.90. The van der Waals surface area contributed by atoms with Gasteiger partial charge in [-0.2, -0.15) is 0 Å². The van der Waals surface area contributed by atoms with Gasteiger partial charge in [-0.05, 0) is 48.5 Å². The lowest BCUT2D eigenvalue weighted by Gasteiger charge is -2.09. The Morgan fingerprint density at radius 1 is 0.933 bits per heavy atom. The number of anilines is 2. The van der Waals surface area contributed by atoms with E-state index in [0.717, 1.165) is 11.3 Å². The van der Waals surface area contributed by atoms with Gasteiger partial charge in [-0.15, -0.1) is 11.3 Å². The second kappa shape index (κ2) is 8.53. The van der Waals surface area contributed by atoms with Crippen molar-refractivity contribution >= 4 is 71.9 Å². The van der Waals surface area contributed by atoms with Crippen molar-refractivity contribution in [2.24, 2.45) is 5.14 Å². The van der Waals surface area contributed by atoms with Crippen LogP contribution in [0, 0.1) is 0 Å². The zero-order chi connectivity index (χ0) is 22.1. The monoisotopic (exact) mass is 505 g/mol. The van der Waals surface area contributed by atoms with E-state index < -0.39 is 26.0 Å². The molecule has 0 aliphatic carbocycles. The zero-order valence-corrected chi connectivity index (χ0v) is 18.8. The molecule has 1 heterocycles. The van der Waals surface area contributed by atoms with Crippen molar-refractivity contribution < 1.29 is 21.6 Å². The molecule has 0 saturated carbocycles. The minimum atomic E-state index is -3.95. The Bertz CT molecular complexity index is 1320. The summed E-state index contributed by atoms with van der Waals surface area (Å²) >= 11 is 12.6. The molecule has 30 heavy (non-hydrogen) atoms.